The van der Waals surface area contributed by atoms with E-state index in [4.69, 9.17) is 0 Å². The van der Waals surface area contributed by atoms with Crippen molar-refractivity contribution in [1.82, 2.24) is 19.7 Å². The molecule has 0 bridgehead atoms. The fraction of sp³-hybridized carbons (Fsp3) is 0.609. The van der Waals surface area contributed by atoms with Crippen molar-refractivity contribution < 1.29 is 4.79 Å². The van der Waals surface area contributed by atoms with Crippen LogP contribution in [0.5, 0.6) is 0 Å². The molecule has 1 N–H and O–H groups in total. The van der Waals surface area contributed by atoms with Crippen molar-refractivity contribution in [2.24, 2.45) is 11.8 Å². The van der Waals surface area contributed by atoms with Gasteiger partial charge in [0.05, 0.1) is 5.69 Å². The van der Waals surface area contributed by atoms with E-state index in [1.165, 1.54) is 32.1 Å². The summed E-state index contributed by atoms with van der Waals surface area (Å²) in [5, 5.41) is 6.92. The van der Waals surface area contributed by atoms with Crippen molar-refractivity contribution in [2.75, 3.05) is 13.1 Å². The second-order valence-corrected chi connectivity index (χ2v) is 8.80. The minimum atomic E-state index is -0.186. The van der Waals surface area contributed by atoms with E-state index in [-0.39, 0.29) is 5.69 Å². The van der Waals surface area contributed by atoms with Crippen LogP contribution in [0.4, 0.5) is 0 Å². The molecule has 1 aromatic heterocycles. The first-order valence-corrected chi connectivity index (χ1v) is 11.1. The first kappa shape index (κ1) is 19.9. The highest BCUT2D eigenvalue weighted by Crippen LogP contribution is 2.28. The molecule has 1 saturated carbocycles. The van der Waals surface area contributed by atoms with Crippen LogP contribution < -0.4 is 5.69 Å². The fourth-order valence-electron chi connectivity index (χ4n) is 4.94. The van der Waals surface area contributed by atoms with Gasteiger partial charge in [-0.1, -0.05) is 37.5 Å². The number of H-pyrrole nitrogens is 1. The molecule has 6 nitrogen and oxygen atoms in total. The number of benzene rings is 1. The third-order valence-electron chi connectivity index (χ3n) is 6.72. The Morgan fingerprint density at radius 3 is 2.52 bits per heavy atom. The van der Waals surface area contributed by atoms with Gasteiger partial charge in [0.15, 0.2) is 0 Å². The van der Waals surface area contributed by atoms with Gasteiger partial charge in [-0.15, -0.1) is 0 Å². The lowest BCUT2D eigenvalue weighted by Gasteiger charge is -2.33. The Morgan fingerprint density at radius 1 is 1.07 bits per heavy atom. The Labute approximate surface area is 172 Å². The molecule has 2 heterocycles. The Bertz CT molecular complexity index is 886. The highest BCUT2D eigenvalue weighted by atomic mass is 16.2. The summed E-state index contributed by atoms with van der Waals surface area (Å²) in [6.07, 6.45) is 9.79. The Hall–Kier alpha value is -2.37. The van der Waals surface area contributed by atoms with Crippen molar-refractivity contribution in [3.63, 3.8) is 0 Å². The van der Waals surface area contributed by atoms with E-state index in [1.54, 1.807) is 4.57 Å². The number of piperidine rings is 1. The third-order valence-corrected chi connectivity index (χ3v) is 6.72. The Morgan fingerprint density at radius 2 is 1.79 bits per heavy atom. The van der Waals surface area contributed by atoms with E-state index in [0.717, 1.165) is 55.8 Å². The van der Waals surface area contributed by atoms with Crippen LogP contribution in [0.3, 0.4) is 0 Å². The van der Waals surface area contributed by atoms with Crippen LogP contribution in [-0.2, 0) is 11.2 Å². The number of aryl methyl sites for hydroxylation is 1. The van der Waals surface area contributed by atoms with Gasteiger partial charge in [0.25, 0.3) is 0 Å². The molecule has 1 aliphatic carbocycles. The number of nitrogens with one attached hydrogen (secondary N) is 1. The van der Waals surface area contributed by atoms with E-state index in [1.807, 2.05) is 31.2 Å². The van der Waals surface area contributed by atoms with E-state index in [0.29, 0.717) is 17.7 Å². The van der Waals surface area contributed by atoms with Crippen molar-refractivity contribution in [3.05, 3.63) is 46.1 Å². The Kier molecular flexibility index (Phi) is 6.16. The van der Waals surface area contributed by atoms with E-state index in [2.05, 4.69) is 15.1 Å². The number of hydrogen-bond donors (Lipinski definition) is 1. The molecular formula is C23H32N4O2. The molecule has 2 aliphatic rings. The fourth-order valence-corrected chi connectivity index (χ4v) is 4.94. The summed E-state index contributed by atoms with van der Waals surface area (Å²) in [4.78, 5) is 27.1. The predicted molar refractivity (Wildman–Crippen MR) is 113 cm³/mol. The molecule has 0 unspecified atom stereocenters. The lowest BCUT2D eigenvalue weighted by atomic mass is 9.86. The molecule has 1 saturated heterocycles. The minimum Gasteiger partial charge on any atom is -0.343 e. The smallest absolute Gasteiger partial charge is 0.343 e. The molecule has 6 heteroatoms. The van der Waals surface area contributed by atoms with Crippen LogP contribution in [0.1, 0.15) is 62.8 Å². The zero-order chi connectivity index (χ0) is 20.2. The molecule has 2 fully saturated rings. The third kappa shape index (κ3) is 4.62. The standard InChI is InChI=1S/C23H32N4O2/c1-17-7-5-6-10-20(17)27-21(24-25-23(27)29)15-19-11-13-26(14-12-19)22(28)16-18-8-3-2-4-9-18/h5-7,10,18-19H,2-4,8-9,11-16H2,1H3,(H,25,29). The number of rotatable bonds is 5. The van der Waals surface area contributed by atoms with Gasteiger partial charge in [-0.2, -0.15) is 5.10 Å². The largest absolute Gasteiger partial charge is 0.347 e. The maximum Gasteiger partial charge on any atom is 0.347 e. The summed E-state index contributed by atoms with van der Waals surface area (Å²) in [5.41, 5.74) is 1.76. The Balaban J connectivity index is 1.35. The predicted octanol–water partition coefficient (Wildman–Crippen LogP) is 3.62. The highest BCUT2D eigenvalue weighted by Gasteiger charge is 2.27. The molecule has 0 radical (unpaired) electrons. The van der Waals surface area contributed by atoms with Gasteiger partial charge < -0.3 is 4.90 Å². The first-order chi connectivity index (χ1) is 14.1. The summed E-state index contributed by atoms with van der Waals surface area (Å²) >= 11 is 0. The van der Waals surface area contributed by atoms with Crippen LogP contribution in [0.25, 0.3) is 5.69 Å². The van der Waals surface area contributed by atoms with Gasteiger partial charge in [0.1, 0.15) is 5.82 Å². The summed E-state index contributed by atoms with van der Waals surface area (Å²) in [7, 11) is 0. The normalized spacial score (nSPS) is 18.9. The number of likely N-dealkylation sites (tertiary alicyclic amines) is 1. The number of carbonyl (C=O) groups is 1. The van der Waals surface area contributed by atoms with E-state index < -0.39 is 0 Å². The monoisotopic (exact) mass is 396 g/mol. The molecule has 156 valence electrons. The van der Waals surface area contributed by atoms with Crippen LogP contribution >= 0.6 is 0 Å². The van der Waals surface area contributed by atoms with E-state index in [9.17, 15) is 9.59 Å². The second-order valence-electron chi connectivity index (χ2n) is 8.80. The van der Waals surface area contributed by atoms with Crippen LogP contribution in [0.2, 0.25) is 0 Å². The zero-order valence-electron chi connectivity index (χ0n) is 17.4. The minimum absolute atomic E-state index is 0.186. The lowest BCUT2D eigenvalue weighted by molar-refractivity contribution is -0.133. The SMILES string of the molecule is Cc1ccccc1-n1c(CC2CCN(C(=O)CC3CCCCC3)CC2)n[nH]c1=O. The van der Waals surface area contributed by atoms with Crippen LogP contribution in [-0.4, -0.2) is 38.7 Å². The van der Waals surface area contributed by atoms with Gasteiger partial charge >= 0.3 is 5.69 Å². The first-order valence-electron chi connectivity index (χ1n) is 11.1. The molecule has 29 heavy (non-hydrogen) atoms. The number of hydrogen-bond acceptors (Lipinski definition) is 3. The molecule has 2 aromatic rings. The number of carbonyl (C=O) groups excluding carboxylic acids is 1. The summed E-state index contributed by atoms with van der Waals surface area (Å²) in [6.45, 7) is 3.67. The molecule has 0 spiro atoms. The van der Waals surface area contributed by atoms with Crippen LogP contribution in [0.15, 0.2) is 29.1 Å². The molecule has 1 aromatic carbocycles. The number of aromatic amines is 1. The highest BCUT2D eigenvalue weighted by molar-refractivity contribution is 5.76. The maximum atomic E-state index is 12.7. The number of aromatic nitrogens is 3. The van der Waals surface area contributed by atoms with Crippen molar-refractivity contribution in [1.29, 1.82) is 0 Å². The van der Waals surface area contributed by atoms with Crippen molar-refractivity contribution >= 4 is 5.91 Å². The number of para-hydroxylation sites is 1. The maximum absolute atomic E-state index is 12.7. The van der Waals surface area contributed by atoms with Gasteiger partial charge in [0, 0.05) is 25.9 Å². The summed E-state index contributed by atoms with van der Waals surface area (Å²) in [6, 6.07) is 7.89. The second kappa shape index (κ2) is 8.97. The molecule has 4 rings (SSSR count). The van der Waals surface area contributed by atoms with E-state index >= 15 is 0 Å². The van der Waals surface area contributed by atoms with Gasteiger partial charge in [-0.3, -0.25) is 4.79 Å². The van der Waals surface area contributed by atoms with Gasteiger partial charge in [0.2, 0.25) is 5.91 Å². The number of amides is 1. The van der Waals surface area contributed by atoms with Crippen molar-refractivity contribution in [2.45, 2.75) is 64.7 Å². The van der Waals surface area contributed by atoms with Crippen LogP contribution in [0, 0.1) is 18.8 Å². The molecule has 1 aliphatic heterocycles. The topological polar surface area (TPSA) is 71.0 Å². The summed E-state index contributed by atoms with van der Waals surface area (Å²) < 4.78 is 1.70. The summed E-state index contributed by atoms with van der Waals surface area (Å²) in [5.74, 6) is 2.18. The zero-order valence-corrected chi connectivity index (χ0v) is 17.4. The van der Waals surface area contributed by atoms with Crippen molar-refractivity contribution in [3.8, 4) is 5.69 Å². The molecule has 0 atom stereocenters. The van der Waals surface area contributed by atoms with Gasteiger partial charge in [-0.05, 0) is 56.1 Å². The number of nitrogens with zero attached hydrogens (tertiary/aromatic N) is 3. The lowest BCUT2D eigenvalue weighted by Crippen LogP contribution is -2.40. The average molecular weight is 397 g/mol. The average Bonchev–Trinajstić information content (AvgIpc) is 3.09. The molecular weight excluding hydrogens is 364 g/mol. The van der Waals surface area contributed by atoms with Gasteiger partial charge in [-0.25, -0.2) is 14.5 Å². The quantitative estimate of drug-likeness (QED) is 0.839. The molecule has 1 amide bonds.